The average Bonchev–Trinajstić information content (AvgIpc) is 3.20. The van der Waals surface area contributed by atoms with E-state index in [2.05, 4.69) is 15.6 Å². The lowest BCUT2D eigenvalue weighted by Crippen LogP contribution is -2.38. The van der Waals surface area contributed by atoms with Crippen molar-refractivity contribution in [3.05, 3.63) is 0 Å². The molecule has 0 aromatic carbocycles. The van der Waals surface area contributed by atoms with Gasteiger partial charge in [0.25, 0.3) is 0 Å². The van der Waals surface area contributed by atoms with E-state index in [9.17, 15) is 0 Å². The quantitative estimate of drug-likeness (QED) is 0.260. The first-order valence-corrected chi connectivity index (χ1v) is 6.88. The number of ether oxygens (including phenoxy) is 2. The molecule has 1 fully saturated rings. The number of nitrogens with zero attached hydrogens (tertiary/aromatic N) is 1. The van der Waals surface area contributed by atoms with Gasteiger partial charge in [-0.15, -0.1) is 24.0 Å². The summed E-state index contributed by atoms with van der Waals surface area (Å²) in [5, 5.41) is 6.51. The standard InChI is InChI=1S/C13H27N3O2.HI/c1-14-13(15-7-3-9-17-2)16-8-4-10-18-11-12-5-6-12;/h12H,3-11H2,1-2H3,(H2,14,15,16);1H. The Hall–Kier alpha value is -0.0800. The highest BCUT2D eigenvalue weighted by atomic mass is 127. The third kappa shape index (κ3) is 11.4. The molecule has 0 heterocycles. The number of guanidine groups is 1. The number of rotatable bonds is 10. The Kier molecular flexibility index (Phi) is 12.9. The largest absolute Gasteiger partial charge is 0.385 e. The van der Waals surface area contributed by atoms with E-state index in [1.807, 2.05) is 0 Å². The second kappa shape index (κ2) is 12.9. The third-order valence-electron chi connectivity index (χ3n) is 2.85. The Labute approximate surface area is 133 Å². The number of aliphatic imine (C=N–C) groups is 1. The first kappa shape index (κ1) is 18.9. The van der Waals surface area contributed by atoms with Crippen molar-refractivity contribution in [1.82, 2.24) is 10.6 Å². The molecule has 0 aromatic heterocycles. The summed E-state index contributed by atoms with van der Waals surface area (Å²) in [4.78, 5) is 4.15. The molecule has 0 aliphatic heterocycles. The molecule has 114 valence electrons. The molecular weight excluding hydrogens is 357 g/mol. The fourth-order valence-electron chi connectivity index (χ4n) is 1.56. The van der Waals surface area contributed by atoms with E-state index < -0.39 is 0 Å². The van der Waals surface area contributed by atoms with Gasteiger partial charge in [-0.3, -0.25) is 4.99 Å². The SMILES string of the molecule is CN=C(NCCCOC)NCCCOCC1CC1.I. The van der Waals surface area contributed by atoms with Gasteiger partial charge in [-0.05, 0) is 31.6 Å². The summed E-state index contributed by atoms with van der Waals surface area (Å²) in [5.41, 5.74) is 0. The molecule has 0 aromatic rings. The molecule has 0 spiro atoms. The van der Waals surface area contributed by atoms with Gasteiger partial charge < -0.3 is 20.1 Å². The predicted octanol–water partition coefficient (Wildman–Crippen LogP) is 1.62. The van der Waals surface area contributed by atoms with Crippen molar-refractivity contribution in [3.8, 4) is 0 Å². The molecule has 1 aliphatic carbocycles. The highest BCUT2D eigenvalue weighted by molar-refractivity contribution is 14.0. The highest BCUT2D eigenvalue weighted by Crippen LogP contribution is 2.28. The number of hydrogen-bond acceptors (Lipinski definition) is 3. The first-order valence-electron chi connectivity index (χ1n) is 6.88. The van der Waals surface area contributed by atoms with E-state index in [4.69, 9.17) is 9.47 Å². The summed E-state index contributed by atoms with van der Waals surface area (Å²) in [7, 11) is 3.50. The van der Waals surface area contributed by atoms with E-state index in [-0.39, 0.29) is 24.0 Å². The first-order chi connectivity index (χ1) is 8.86. The number of hydrogen-bond donors (Lipinski definition) is 2. The molecule has 0 bridgehead atoms. The summed E-state index contributed by atoms with van der Waals surface area (Å²) in [6, 6.07) is 0. The van der Waals surface area contributed by atoms with Gasteiger partial charge in [-0.25, -0.2) is 0 Å². The smallest absolute Gasteiger partial charge is 0.190 e. The Morgan fingerprint density at radius 3 is 2.32 bits per heavy atom. The monoisotopic (exact) mass is 385 g/mol. The van der Waals surface area contributed by atoms with Crippen LogP contribution in [0, 0.1) is 5.92 Å². The van der Waals surface area contributed by atoms with Gasteiger partial charge in [0.1, 0.15) is 0 Å². The lowest BCUT2D eigenvalue weighted by molar-refractivity contribution is 0.123. The van der Waals surface area contributed by atoms with Crippen LogP contribution in [0.5, 0.6) is 0 Å². The molecular formula is C13H28IN3O2. The Balaban J connectivity index is 0.00000324. The van der Waals surface area contributed by atoms with Gasteiger partial charge in [-0.1, -0.05) is 0 Å². The zero-order valence-electron chi connectivity index (χ0n) is 12.1. The molecule has 6 heteroatoms. The van der Waals surface area contributed by atoms with Crippen LogP contribution in [0.3, 0.4) is 0 Å². The summed E-state index contributed by atoms with van der Waals surface area (Å²) < 4.78 is 10.6. The highest BCUT2D eigenvalue weighted by Gasteiger charge is 2.20. The summed E-state index contributed by atoms with van der Waals surface area (Å²) in [5.74, 6) is 1.71. The lowest BCUT2D eigenvalue weighted by Gasteiger charge is -2.11. The van der Waals surface area contributed by atoms with Crippen LogP contribution in [-0.2, 0) is 9.47 Å². The normalized spacial score (nSPS) is 14.9. The maximum Gasteiger partial charge on any atom is 0.190 e. The summed E-state index contributed by atoms with van der Waals surface area (Å²) in [6.07, 6.45) is 4.72. The molecule has 19 heavy (non-hydrogen) atoms. The summed E-state index contributed by atoms with van der Waals surface area (Å²) in [6.45, 7) is 4.34. The minimum atomic E-state index is 0. The second-order valence-electron chi connectivity index (χ2n) is 4.64. The molecule has 0 saturated heterocycles. The van der Waals surface area contributed by atoms with Crippen LogP contribution in [0.1, 0.15) is 25.7 Å². The van der Waals surface area contributed by atoms with Gasteiger partial charge >= 0.3 is 0 Å². The van der Waals surface area contributed by atoms with E-state index in [0.717, 1.165) is 57.6 Å². The van der Waals surface area contributed by atoms with Crippen molar-refractivity contribution in [2.24, 2.45) is 10.9 Å². The number of methoxy groups -OCH3 is 1. The van der Waals surface area contributed by atoms with Crippen LogP contribution in [0.25, 0.3) is 0 Å². The molecule has 1 aliphatic rings. The average molecular weight is 385 g/mol. The van der Waals surface area contributed by atoms with Crippen molar-refractivity contribution in [2.75, 3.05) is 47.1 Å². The predicted molar refractivity (Wildman–Crippen MR) is 89.4 cm³/mol. The van der Waals surface area contributed by atoms with E-state index in [1.54, 1.807) is 14.2 Å². The lowest BCUT2D eigenvalue weighted by atomic mass is 10.4. The van der Waals surface area contributed by atoms with Crippen molar-refractivity contribution in [1.29, 1.82) is 0 Å². The number of nitrogens with one attached hydrogen (secondary N) is 2. The number of halogens is 1. The third-order valence-corrected chi connectivity index (χ3v) is 2.85. The van der Waals surface area contributed by atoms with Crippen LogP contribution >= 0.6 is 24.0 Å². The van der Waals surface area contributed by atoms with Gasteiger partial charge in [-0.2, -0.15) is 0 Å². The van der Waals surface area contributed by atoms with Crippen LogP contribution in [-0.4, -0.2) is 53.0 Å². The fourth-order valence-corrected chi connectivity index (χ4v) is 1.56. The Morgan fingerprint density at radius 2 is 1.79 bits per heavy atom. The molecule has 2 N–H and O–H groups in total. The van der Waals surface area contributed by atoms with E-state index in [0.29, 0.717) is 0 Å². The molecule has 1 rings (SSSR count). The maximum absolute atomic E-state index is 5.57. The van der Waals surface area contributed by atoms with Crippen molar-refractivity contribution >= 4 is 29.9 Å². The topological polar surface area (TPSA) is 54.9 Å². The summed E-state index contributed by atoms with van der Waals surface area (Å²) >= 11 is 0. The van der Waals surface area contributed by atoms with E-state index >= 15 is 0 Å². The zero-order valence-corrected chi connectivity index (χ0v) is 14.4. The minimum Gasteiger partial charge on any atom is -0.385 e. The van der Waals surface area contributed by atoms with Crippen LogP contribution < -0.4 is 10.6 Å². The molecule has 1 saturated carbocycles. The maximum atomic E-state index is 5.57. The van der Waals surface area contributed by atoms with Crippen molar-refractivity contribution in [3.63, 3.8) is 0 Å². The van der Waals surface area contributed by atoms with Gasteiger partial charge in [0.05, 0.1) is 0 Å². The zero-order chi connectivity index (χ0) is 13.1. The molecule has 0 radical (unpaired) electrons. The molecule has 0 amide bonds. The Bertz CT molecular complexity index is 236. The molecule has 5 nitrogen and oxygen atoms in total. The molecule has 0 atom stereocenters. The van der Waals surface area contributed by atoms with Gasteiger partial charge in [0.15, 0.2) is 5.96 Å². The van der Waals surface area contributed by atoms with Crippen LogP contribution in [0.4, 0.5) is 0 Å². The van der Waals surface area contributed by atoms with E-state index in [1.165, 1.54) is 12.8 Å². The second-order valence-corrected chi connectivity index (χ2v) is 4.64. The Morgan fingerprint density at radius 1 is 1.16 bits per heavy atom. The minimum absolute atomic E-state index is 0. The van der Waals surface area contributed by atoms with Gasteiger partial charge in [0, 0.05) is 47.1 Å². The molecule has 0 unspecified atom stereocenters. The van der Waals surface area contributed by atoms with Crippen LogP contribution in [0.2, 0.25) is 0 Å². The van der Waals surface area contributed by atoms with Crippen molar-refractivity contribution in [2.45, 2.75) is 25.7 Å². The van der Waals surface area contributed by atoms with Gasteiger partial charge in [0.2, 0.25) is 0 Å². The fraction of sp³-hybridized carbons (Fsp3) is 0.923. The van der Waals surface area contributed by atoms with Crippen LogP contribution in [0.15, 0.2) is 4.99 Å². The van der Waals surface area contributed by atoms with Crippen molar-refractivity contribution < 1.29 is 9.47 Å².